The lowest BCUT2D eigenvalue weighted by Gasteiger charge is -2.11. The van der Waals surface area contributed by atoms with E-state index in [0.29, 0.717) is 17.0 Å². The quantitative estimate of drug-likeness (QED) is 0.492. The minimum Gasteiger partial charge on any atom is -0.495 e. The molecule has 0 aliphatic rings. The Kier molecular flexibility index (Phi) is 4.91. The zero-order valence-electron chi connectivity index (χ0n) is 15.8. The van der Waals surface area contributed by atoms with Crippen LogP contribution in [-0.4, -0.2) is 53.6 Å². The van der Waals surface area contributed by atoms with Crippen molar-refractivity contribution in [2.24, 2.45) is 0 Å². The van der Waals surface area contributed by atoms with Gasteiger partial charge in [0.15, 0.2) is 11.5 Å². The van der Waals surface area contributed by atoms with Crippen molar-refractivity contribution >= 4 is 26.4 Å². The number of sulfonamides is 1. The van der Waals surface area contributed by atoms with Crippen molar-refractivity contribution in [1.82, 2.24) is 24.5 Å². The molecular formula is C19H19N5O4S. The van der Waals surface area contributed by atoms with E-state index in [-0.39, 0.29) is 23.8 Å². The first kappa shape index (κ1) is 19.2. The maximum Gasteiger partial charge on any atom is 0.244 e. The zero-order valence-corrected chi connectivity index (χ0v) is 16.6. The molecule has 0 bridgehead atoms. The Balaban J connectivity index is 1.92. The Hall–Kier alpha value is -3.08. The number of aliphatic hydroxyl groups excluding tert-OH is 1. The van der Waals surface area contributed by atoms with Gasteiger partial charge in [0.25, 0.3) is 0 Å². The maximum absolute atomic E-state index is 12.6. The monoisotopic (exact) mass is 413 g/mol. The van der Waals surface area contributed by atoms with Gasteiger partial charge in [-0.25, -0.2) is 13.1 Å². The van der Waals surface area contributed by atoms with Gasteiger partial charge < -0.3 is 9.84 Å². The largest absolute Gasteiger partial charge is 0.495 e. The highest BCUT2D eigenvalue weighted by Crippen LogP contribution is 2.30. The van der Waals surface area contributed by atoms with Gasteiger partial charge in [-0.05, 0) is 25.1 Å². The van der Waals surface area contributed by atoms with E-state index in [1.54, 1.807) is 16.6 Å². The highest BCUT2D eigenvalue weighted by Gasteiger charge is 2.22. The molecule has 0 aliphatic carbocycles. The first-order valence-electron chi connectivity index (χ1n) is 8.86. The number of aliphatic hydroxyl groups is 1. The van der Waals surface area contributed by atoms with Crippen molar-refractivity contribution in [3.8, 4) is 17.1 Å². The summed E-state index contributed by atoms with van der Waals surface area (Å²) in [7, 11) is -2.50. The smallest absolute Gasteiger partial charge is 0.244 e. The molecule has 0 saturated carbocycles. The number of aromatic nitrogens is 4. The molecule has 4 aromatic rings. The lowest BCUT2D eigenvalue weighted by atomic mass is 10.1. The lowest BCUT2D eigenvalue weighted by molar-refractivity contribution is 0.301. The number of hydrogen-bond donors (Lipinski definition) is 2. The lowest BCUT2D eigenvalue weighted by Crippen LogP contribution is -2.27. The van der Waals surface area contributed by atoms with Crippen LogP contribution in [0.5, 0.6) is 5.75 Å². The number of aryl methyl sites for hydroxylation is 1. The van der Waals surface area contributed by atoms with E-state index in [1.807, 2.05) is 31.2 Å². The van der Waals surface area contributed by atoms with Crippen LogP contribution >= 0.6 is 0 Å². The molecule has 0 aliphatic heterocycles. The van der Waals surface area contributed by atoms with Crippen LogP contribution in [0, 0.1) is 6.92 Å². The first-order valence-corrected chi connectivity index (χ1v) is 10.3. The van der Waals surface area contributed by atoms with Crippen LogP contribution < -0.4 is 9.46 Å². The zero-order chi connectivity index (χ0) is 20.6. The fourth-order valence-corrected chi connectivity index (χ4v) is 4.42. The molecule has 4 rings (SSSR count). The molecular weight excluding hydrogens is 394 g/mol. The molecule has 0 atom stereocenters. The van der Waals surface area contributed by atoms with Crippen LogP contribution in [0.2, 0.25) is 0 Å². The molecule has 2 aromatic heterocycles. The van der Waals surface area contributed by atoms with Gasteiger partial charge in [0.1, 0.15) is 10.6 Å². The average molecular weight is 413 g/mol. The SMILES string of the molecule is COc1ccc(-c2nnc3c4ccccc4c(C)nn23)cc1S(=O)(=O)NCCO. The van der Waals surface area contributed by atoms with Crippen molar-refractivity contribution in [3.63, 3.8) is 0 Å². The van der Waals surface area contributed by atoms with E-state index < -0.39 is 10.0 Å². The van der Waals surface area contributed by atoms with Crippen molar-refractivity contribution < 1.29 is 18.3 Å². The van der Waals surface area contributed by atoms with E-state index in [4.69, 9.17) is 9.84 Å². The number of rotatable bonds is 6. The summed E-state index contributed by atoms with van der Waals surface area (Å²) in [6.07, 6.45) is 0. The number of benzene rings is 2. The molecule has 2 aromatic carbocycles. The molecule has 2 heterocycles. The molecule has 150 valence electrons. The van der Waals surface area contributed by atoms with Crippen molar-refractivity contribution in [2.45, 2.75) is 11.8 Å². The molecule has 0 amide bonds. The van der Waals surface area contributed by atoms with Gasteiger partial charge in [-0.1, -0.05) is 24.3 Å². The van der Waals surface area contributed by atoms with E-state index in [9.17, 15) is 8.42 Å². The molecule has 29 heavy (non-hydrogen) atoms. The minimum atomic E-state index is -3.89. The molecule has 0 saturated heterocycles. The minimum absolute atomic E-state index is 0.0554. The summed E-state index contributed by atoms with van der Waals surface area (Å²) < 4.78 is 34.4. The predicted octanol–water partition coefficient (Wildman–Crippen LogP) is 1.53. The van der Waals surface area contributed by atoms with Gasteiger partial charge in [-0.15, -0.1) is 10.2 Å². The Morgan fingerprint density at radius 3 is 2.62 bits per heavy atom. The van der Waals surface area contributed by atoms with Gasteiger partial charge in [-0.2, -0.15) is 9.61 Å². The van der Waals surface area contributed by atoms with Crippen molar-refractivity contribution in [2.75, 3.05) is 20.3 Å². The van der Waals surface area contributed by atoms with Crippen LogP contribution in [0.15, 0.2) is 47.4 Å². The summed E-state index contributed by atoms with van der Waals surface area (Å²) in [5.41, 5.74) is 1.91. The summed E-state index contributed by atoms with van der Waals surface area (Å²) in [6.45, 7) is 1.48. The van der Waals surface area contributed by atoms with Gasteiger partial charge in [-0.3, -0.25) is 0 Å². The molecule has 9 nitrogen and oxygen atoms in total. The van der Waals surface area contributed by atoms with Gasteiger partial charge in [0.05, 0.1) is 19.4 Å². The van der Waals surface area contributed by atoms with Gasteiger partial charge in [0, 0.05) is 22.9 Å². The predicted molar refractivity (Wildman–Crippen MR) is 107 cm³/mol. The number of nitrogens with one attached hydrogen (secondary N) is 1. The molecule has 0 radical (unpaired) electrons. The summed E-state index contributed by atoms with van der Waals surface area (Å²) in [5.74, 6) is 0.595. The maximum atomic E-state index is 12.6. The Bertz CT molecular complexity index is 1320. The molecule has 0 spiro atoms. The highest BCUT2D eigenvalue weighted by atomic mass is 32.2. The second kappa shape index (κ2) is 7.39. The number of methoxy groups -OCH3 is 1. The fraction of sp³-hybridized carbons (Fsp3) is 0.211. The third-order valence-corrected chi connectivity index (χ3v) is 6.05. The third kappa shape index (κ3) is 3.31. The molecule has 0 unspecified atom stereocenters. The van der Waals surface area contributed by atoms with E-state index in [1.165, 1.54) is 13.2 Å². The van der Waals surface area contributed by atoms with Crippen LogP contribution in [0.25, 0.3) is 27.8 Å². The highest BCUT2D eigenvalue weighted by molar-refractivity contribution is 7.89. The van der Waals surface area contributed by atoms with Gasteiger partial charge in [0.2, 0.25) is 10.0 Å². The Morgan fingerprint density at radius 1 is 1.14 bits per heavy atom. The van der Waals surface area contributed by atoms with Crippen LogP contribution in [0.3, 0.4) is 0 Å². The van der Waals surface area contributed by atoms with Gasteiger partial charge >= 0.3 is 0 Å². The number of nitrogens with zero attached hydrogens (tertiary/aromatic N) is 4. The molecule has 0 fully saturated rings. The standard InChI is InChI=1S/C19H19N5O4S/c1-12-14-5-3-4-6-15(14)19-22-21-18(24(19)23-12)13-7-8-16(28-2)17(11-13)29(26,27)20-9-10-25/h3-8,11,20,25H,9-10H2,1-2H3. The van der Waals surface area contributed by atoms with E-state index in [0.717, 1.165) is 16.5 Å². The fourth-order valence-electron chi connectivity index (χ4n) is 3.20. The Morgan fingerprint density at radius 2 is 1.90 bits per heavy atom. The summed E-state index contributed by atoms with van der Waals surface area (Å²) >= 11 is 0. The van der Waals surface area contributed by atoms with Crippen LogP contribution in [0.4, 0.5) is 0 Å². The number of fused-ring (bicyclic) bond motifs is 3. The Labute approximate surface area is 167 Å². The summed E-state index contributed by atoms with van der Waals surface area (Å²) in [4.78, 5) is -0.0554. The molecule has 2 N–H and O–H groups in total. The second-order valence-corrected chi connectivity index (χ2v) is 8.11. The summed E-state index contributed by atoms with van der Waals surface area (Å²) in [6, 6.07) is 12.5. The van der Waals surface area contributed by atoms with Crippen molar-refractivity contribution in [1.29, 1.82) is 0 Å². The van der Waals surface area contributed by atoms with E-state index >= 15 is 0 Å². The topological polar surface area (TPSA) is 119 Å². The summed E-state index contributed by atoms with van der Waals surface area (Å²) in [5, 5.41) is 23.9. The second-order valence-electron chi connectivity index (χ2n) is 6.38. The van der Waals surface area contributed by atoms with Crippen molar-refractivity contribution in [3.05, 3.63) is 48.2 Å². The van der Waals surface area contributed by atoms with E-state index in [2.05, 4.69) is 20.0 Å². The normalized spacial score (nSPS) is 12.0. The van der Waals surface area contributed by atoms with Crippen LogP contribution in [0.1, 0.15) is 5.69 Å². The average Bonchev–Trinajstić information content (AvgIpc) is 3.16. The number of ether oxygens (including phenoxy) is 1. The first-order chi connectivity index (χ1) is 14.0. The molecule has 10 heteroatoms. The third-order valence-electron chi connectivity index (χ3n) is 4.56. The number of hydrogen-bond acceptors (Lipinski definition) is 7. The van der Waals surface area contributed by atoms with Crippen LogP contribution in [-0.2, 0) is 10.0 Å².